The molecule has 2 amide bonds. The molecule has 10 nitrogen and oxygen atoms in total. The highest BCUT2D eigenvalue weighted by Crippen LogP contribution is 2.36. The molecule has 230 valence electrons. The number of hydrogen-bond acceptors (Lipinski definition) is 7. The van der Waals surface area contributed by atoms with E-state index in [0.29, 0.717) is 23.6 Å². The quantitative estimate of drug-likeness (QED) is 0.207. The molecule has 0 unspecified atom stereocenters. The van der Waals surface area contributed by atoms with E-state index in [1.807, 2.05) is 0 Å². The van der Waals surface area contributed by atoms with Crippen molar-refractivity contribution in [3.63, 3.8) is 0 Å². The first-order valence-electron chi connectivity index (χ1n) is 14.1. The van der Waals surface area contributed by atoms with Crippen molar-refractivity contribution in [2.24, 2.45) is 16.6 Å². The molecule has 0 bridgehead atoms. The molecule has 0 aliphatic heterocycles. The van der Waals surface area contributed by atoms with Crippen LogP contribution >= 0.6 is 0 Å². The highest BCUT2D eigenvalue weighted by Gasteiger charge is 2.26. The number of allylic oxidation sites excluding steroid dienone is 1. The number of nitrogens with two attached hydrogens (primary N) is 1. The molecule has 0 spiro atoms. The number of amides is 2. The van der Waals surface area contributed by atoms with Crippen LogP contribution in [0.2, 0.25) is 0 Å². The molecule has 2 atom stereocenters. The second kappa shape index (κ2) is 14.9. The first-order valence-corrected chi connectivity index (χ1v) is 14.1. The van der Waals surface area contributed by atoms with Crippen LogP contribution in [0.5, 0.6) is 11.5 Å². The van der Waals surface area contributed by atoms with Gasteiger partial charge in [0.1, 0.15) is 29.0 Å². The molecular formula is C32H34F2N6O4. The summed E-state index contributed by atoms with van der Waals surface area (Å²) in [5.74, 6) is -1.02. The number of nitrogens with one attached hydrogen (secondary N) is 2. The number of carbonyl (C=O) groups excluding carboxylic acids is 2. The molecule has 3 aromatic rings. The number of nitrogens with zero attached hydrogens (tertiary/aromatic N) is 3. The van der Waals surface area contributed by atoms with Crippen LogP contribution in [0.4, 0.5) is 14.6 Å². The standard InChI is InChI=1S/C32H34F2N6O4/c1-43-23-6-8-25(33)21(15-23)17-31(41)37-29(36)12-10-27(35)19-4-3-5-20(14-19)28-11-13-30(40-39-28)38-32(42)18-22-16-24(44-2)7-9-26(22)34/h6-13,15-16,19-20,35H,3-5,14,17-18H2,1-2H3,(H2,36,37,41)(H,38,40,42)/b12-10-,35-27?/t19-,20-/m0/s1. The zero-order valence-corrected chi connectivity index (χ0v) is 24.5. The van der Waals surface area contributed by atoms with E-state index >= 15 is 0 Å². The van der Waals surface area contributed by atoms with Gasteiger partial charge in [-0.25, -0.2) is 8.78 Å². The molecular weight excluding hydrogens is 570 g/mol. The molecule has 1 fully saturated rings. The first-order chi connectivity index (χ1) is 21.1. The maximum Gasteiger partial charge on any atom is 0.252 e. The third-order valence-corrected chi connectivity index (χ3v) is 7.37. The van der Waals surface area contributed by atoms with Crippen LogP contribution < -0.4 is 20.5 Å². The van der Waals surface area contributed by atoms with Crippen LogP contribution in [0, 0.1) is 23.0 Å². The second-order valence-corrected chi connectivity index (χ2v) is 10.4. The first kappa shape index (κ1) is 31.9. The fourth-order valence-electron chi connectivity index (χ4n) is 5.05. The Balaban J connectivity index is 1.30. The fourth-order valence-corrected chi connectivity index (χ4v) is 5.05. The summed E-state index contributed by atoms with van der Waals surface area (Å²) < 4.78 is 38.3. The van der Waals surface area contributed by atoms with Gasteiger partial charge in [-0.2, -0.15) is 10.1 Å². The van der Waals surface area contributed by atoms with Crippen LogP contribution in [0.15, 0.2) is 65.7 Å². The normalized spacial score (nSPS) is 16.9. The number of ether oxygens (including phenoxy) is 2. The minimum absolute atomic E-state index is 0.0571. The van der Waals surface area contributed by atoms with Gasteiger partial charge in [-0.3, -0.25) is 9.59 Å². The number of hydrogen-bond donors (Lipinski definition) is 3. The molecule has 1 aliphatic rings. The summed E-state index contributed by atoms with van der Waals surface area (Å²) in [5.41, 5.74) is 7.34. The number of benzene rings is 2. The van der Waals surface area contributed by atoms with Crippen LogP contribution in [0.3, 0.4) is 0 Å². The summed E-state index contributed by atoms with van der Waals surface area (Å²) in [5, 5.41) is 19.6. The number of aromatic nitrogens is 2. The number of carbonyl (C=O) groups is 2. The largest absolute Gasteiger partial charge is 0.497 e. The summed E-state index contributed by atoms with van der Waals surface area (Å²) in [4.78, 5) is 28.6. The van der Waals surface area contributed by atoms with Crippen molar-refractivity contribution >= 4 is 29.2 Å². The average Bonchev–Trinajstić information content (AvgIpc) is 3.02. The van der Waals surface area contributed by atoms with Crippen molar-refractivity contribution in [3.05, 3.63) is 89.1 Å². The lowest BCUT2D eigenvalue weighted by Crippen LogP contribution is -2.22. The molecule has 1 heterocycles. The predicted molar refractivity (Wildman–Crippen MR) is 162 cm³/mol. The van der Waals surface area contributed by atoms with Gasteiger partial charge in [0.2, 0.25) is 5.91 Å². The Hall–Kier alpha value is -5.00. The summed E-state index contributed by atoms with van der Waals surface area (Å²) in [7, 11) is 2.92. The van der Waals surface area contributed by atoms with E-state index in [1.165, 1.54) is 62.8 Å². The van der Waals surface area contributed by atoms with Gasteiger partial charge in [-0.15, -0.1) is 5.10 Å². The van der Waals surface area contributed by atoms with Crippen molar-refractivity contribution in [1.82, 2.24) is 10.2 Å². The lowest BCUT2D eigenvalue weighted by molar-refractivity contribution is -0.117. The van der Waals surface area contributed by atoms with Gasteiger partial charge in [-0.1, -0.05) is 6.42 Å². The van der Waals surface area contributed by atoms with E-state index in [-0.39, 0.29) is 47.5 Å². The summed E-state index contributed by atoms with van der Waals surface area (Å²) >= 11 is 0. The van der Waals surface area contributed by atoms with Crippen molar-refractivity contribution in [2.75, 3.05) is 19.5 Å². The zero-order chi connectivity index (χ0) is 31.6. The molecule has 4 rings (SSSR count). The lowest BCUT2D eigenvalue weighted by Gasteiger charge is -2.28. The smallest absolute Gasteiger partial charge is 0.252 e. The van der Waals surface area contributed by atoms with Gasteiger partial charge < -0.3 is 25.9 Å². The van der Waals surface area contributed by atoms with E-state index in [4.69, 9.17) is 20.6 Å². The molecule has 1 saturated carbocycles. The molecule has 44 heavy (non-hydrogen) atoms. The van der Waals surface area contributed by atoms with E-state index in [0.717, 1.165) is 25.0 Å². The predicted octanol–water partition coefficient (Wildman–Crippen LogP) is 4.93. The fraction of sp³-hybridized carbons (Fsp3) is 0.312. The maximum absolute atomic E-state index is 14.1. The van der Waals surface area contributed by atoms with Crippen molar-refractivity contribution in [2.45, 2.75) is 44.4 Å². The molecule has 0 radical (unpaired) electrons. The van der Waals surface area contributed by atoms with Gasteiger partial charge in [0, 0.05) is 28.7 Å². The third kappa shape index (κ3) is 8.76. The van der Waals surface area contributed by atoms with E-state index < -0.39 is 23.4 Å². The Morgan fingerprint density at radius 2 is 1.64 bits per heavy atom. The Bertz CT molecular complexity index is 1580. The number of halogens is 2. The van der Waals surface area contributed by atoms with Gasteiger partial charge >= 0.3 is 0 Å². The molecule has 2 aromatic carbocycles. The zero-order valence-electron chi connectivity index (χ0n) is 24.5. The Kier molecular flexibility index (Phi) is 10.8. The Morgan fingerprint density at radius 3 is 2.25 bits per heavy atom. The lowest BCUT2D eigenvalue weighted by atomic mass is 9.77. The molecule has 0 saturated heterocycles. The number of anilines is 1. The topological polar surface area (TPSA) is 153 Å². The summed E-state index contributed by atoms with van der Waals surface area (Å²) in [6.07, 6.45) is 5.71. The highest BCUT2D eigenvalue weighted by molar-refractivity contribution is 6.05. The summed E-state index contributed by atoms with van der Waals surface area (Å²) in [6, 6.07) is 11.8. The number of rotatable bonds is 11. The van der Waals surface area contributed by atoms with Gasteiger partial charge in [0.25, 0.3) is 5.91 Å². The Labute approximate surface area is 253 Å². The third-order valence-electron chi connectivity index (χ3n) is 7.37. The molecule has 4 N–H and O–H groups in total. The van der Waals surface area contributed by atoms with Crippen LogP contribution in [-0.4, -0.2) is 47.8 Å². The van der Waals surface area contributed by atoms with Gasteiger partial charge in [-0.05, 0) is 79.9 Å². The van der Waals surface area contributed by atoms with Gasteiger partial charge in [0.15, 0.2) is 5.82 Å². The van der Waals surface area contributed by atoms with E-state index in [9.17, 15) is 18.4 Å². The van der Waals surface area contributed by atoms with E-state index in [2.05, 4.69) is 20.5 Å². The van der Waals surface area contributed by atoms with Crippen molar-refractivity contribution in [3.8, 4) is 11.5 Å². The SMILES string of the molecule is COc1ccc(F)c(CC(=O)N=C(N)/C=C\C(=N)[C@H]2CCC[C@H](c3ccc(NC(=O)Cc4cc(OC)ccc4F)nn3)C2)c1. The molecule has 1 aromatic heterocycles. The van der Waals surface area contributed by atoms with Gasteiger partial charge in [0.05, 0.1) is 32.8 Å². The minimum Gasteiger partial charge on any atom is -0.497 e. The van der Waals surface area contributed by atoms with Crippen molar-refractivity contribution < 1.29 is 27.8 Å². The second-order valence-electron chi connectivity index (χ2n) is 10.4. The molecule has 1 aliphatic carbocycles. The van der Waals surface area contributed by atoms with Crippen LogP contribution in [0.25, 0.3) is 0 Å². The van der Waals surface area contributed by atoms with Crippen molar-refractivity contribution in [1.29, 1.82) is 5.41 Å². The summed E-state index contributed by atoms with van der Waals surface area (Å²) in [6.45, 7) is 0. The molecule has 12 heteroatoms. The Morgan fingerprint density at radius 1 is 0.977 bits per heavy atom. The number of amidine groups is 1. The monoisotopic (exact) mass is 604 g/mol. The maximum atomic E-state index is 14.1. The highest BCUT2D eigenvalue weighted by atomic mass is 19.1. The average molecular weight is 605 g/mol. The number of aliphatic imine (C=N–C) groups is 1. The van der Waals surface area contributed by atoms with Crippen LogP contribution in [0.1, 0.15) is 48.4 Å². The van der Waals surface area contributed by atoms with Crippen LogP contribution in [-0.2, 0) is 22.4 Å². The number of methoxy groups -OCH3 is 2. The van der Waals surface area contributed by atoms with E-state index in [1.54, 1.807) is 12.1 Å². The minimum atomic E-state index is -0.616.